The molecule has 1 aliphatic rings. The molecular weight excluding hydrogens is 404 g/mol. The lowest BCUT2D eigenvalue weighted by Crippen LogP contribution is -2.41. The van der Waals surface area contributed by atoms with Crippen LogP contribution in [-0.2, 0) is 9.59 Å². The van der Waals surface area contributed by atoms with Crippen LogP contribution in [0.1, 0.15) is 19.8 Å². The first kappa shape index (κ1) is 22.0. The summed E-state index contributed by atoms with van der Waals surface area (Å²) in [7, 11) is 3.21. The van der Waals surface area contributed by atoms with Gasteiger partial charge in [0.15, 0.2) is 5.13 Å². The molecule has 2 heterocycles. The molecule has 0 radical (unpaired) electrons. The van der Waals surface area contributed by atoms with Crippen LogP contribution >= 0.6 is 11.3 Å². The molecule has 0 aliphatic carbocycles. The number of nitrogens with one attached hydrogen (secondary N) is 2. The maximum atomic E-state index is 12.4. The molecule has 0 bridgehead atoms. The molecule has 1 fully saturated rings. The fraction of sp³-hybridized carbons (Fsp3) is 0.476. The summed E-state index contributed by atoms with van der Waals surface area (Å²) in [6.07, 6.45) is 1.96. The highest BCUT2D eigenvalue weighted by atomic mass is 32.1. The third kappa shape index (κ3) is 5.93. The highest BCUT2D eigenvalue weighted by Gasteiger charge is 2.21. The van der Waals surface area contributed by atoms with Crippen LogP contribution in [0.3, 0.4) is 0 Å². The standard InChI is InChI=1S/C21H28N4O4S/c1-14(26)22-11-15-6-8-25(9-7-15)12-20(27)24-21-23-18(13-30-21)17-5-4-16(28-2)10-19(17)29-3/h4-5,10,13,15H,6-9,11-12H2,1-3H3,(H,22,26)(H,23,24,27). The van der Waals surface area contributed by atoms with Crippen molar-refractivity contribution < 1.29 is 19.1 Å². The molecule has 2 N–H and O–H groups in total. The van der Waals surface area contributed by atoms with Gasteiger partial charge in [-0.3, -0.25) is 14.5 Å². The van der Waals surface area contributed by atoms with Gasteiger partial charge in [0.2, 0.25) is 11.8 Å². The maximum Gasteiger partial charge on any atom is 0.240 e. The number of likely N-dealkylation sites (tertiary alicyclic amines) is 1. The summed E-state index contributed by atoms with van der Waals surface area (Å²) in [5.74, 6) is 1.79. The molecule has 1 aliphatic heterocycles. The van der Waals surface area contributed by atoms with Crippen molar-refractivity contribution in [2.24, 2.45) is 5.92 Å². The molecule has 2 aromatic rings. The van der Waals surface area contributed by atoms with Crippen molar-refractivity contribution in [3.05, 3.63) is 23.6 Å². The predicted molar refractivity (Wildman–Crippen MR) is 117 cm³/mol. The number of piperidine rings is 1. The van der Waals surface area contributed by atoms with Crippen LogP contribution in [0.25, 0.3) is 11.3 Å². The summed E-state index contributed by atoms with van der Waals surface area (Å²) in [6.45, 7) is 4.29. The minimum absolute atomic E-state index is 0.00637. The third-order valence-electron chi connectivity index (χ3n) is 5.15. The Morgan fingerprint density at radius 2 is 2.00 bits per heavy atom. The van der Waals surface area contributed by atoms with Crippen LogP contribution in [0.2, 0.25) is 0 Å². The summed E-state index contributed by atoms with van der Waals surface area (Å²) in [5.41, 5.74) is 1.59. The van der Waals surface area contributed by atoms with Crippen molar-refractivity contribution >= 4 is 28.3 Å². The normalized spacial score (nSPS) is 14.9. The summed E-state index contributed by atoms with van der Waals surface area (Å²) in [5, 5.41) is 8.23. The van der Waals surface area contributed by atoms with Gasteiger partial charge in [0.05, 0.1) is 26.5 Å². The largest absolute Gasteiger partial charge is 0.497 e. The van der Waals surface area contributed by atoms with E-state index in [0.29, 0.717) is 35.6 Å². The van der Waals surface area contributed by atoms with E-state index in [2.05, 4.69) is 20.5 Å². The van der Waals surface area contributed by atoms with E-state index >= 15 is 0 Å². The van der Waals surface area contributed by atoms with Gasteiger partial charge in [-0.25, -0.2) is 4.98 Å². The topological polar surface area (TPSA) is 92.8 Å². The van der Waals surface area contributed by atoms with E-state index < -0.39 is 0 Å². The van der Waals surface area contributed by atoms with Crippen molar-refractivity contribution in [2.45, 2.75) is 19.8 Å². The molecule has 0 atom stereocenters. The molecular formula is C21H28N4O4S. The zero-order chi connectivity index (χ0) is 21.5. The lowest BCUT2D eigenvalue weighted by molar-refractivity contribution is -0.119. The van der Waals surface area contributed by atoms with Gasteiger partial charge < -0.3 is 20.1 Å². The Morgan fingerprint density at radius 1 is 1.23 bits per heavy atom. The van der Waals surface area contributed by atoms with Gasteiger partial charge in [-0.05, 0) is 44.0 Å². The molecule has 30 heavy (non-hydrogen) atoms. The summed E-state index contributed by atoms with van der Waals surface area (Å²) < 4.78 is 10.7. The Balaban J connectivity index is 1.52. The number of carbonyl (C=O) groups excluding carboxylic acids is 2. The molecule has 9 heteroatoms. The SMILES string of the molecule is COc1ccc(-c2csc(NC(=O)CN3CCC(CNC(C)=O)CC3)n2)c(OC)c1. The van der Waals surface area contributed by atoms with E-state index in [9.17, 15) is 9.59 Å². The Morgan fingerprint density at radius 3 is 2.67 bits per heavy atom. The Hall–Kier alpha value is -2.65. The lowest BCUT2D eigenvalue weighted by Gasteiger charge is -2.31. The quantitative estimate of drug-likeness (QED) is 0.666. The first-order valence-electron chi connectivity index (χ1n) is 9.93. The molecule has 0 unspecified atom stereocenters. The number of hydrogen-bond donors (Lipinski definition) is 2. The van der Waals surface area contributed by atoms with E-state index in [1.165, 1.54) is 18.3 Å². The van der Waals surface area contributed by atoms with E-state index in [-0.39, 0.29) is 11.8 Å². The van der Waals surface area contributed by atoms with Gasteiger partial charge in [0.25, 0.3) is 0 Å². The summed E-state index contributed by atoms with van der Waals surface area (Å²) in [6, 6.07) is 5.55. The molecule has 1 aromatic carbocycles. The second kappa shape index (κ2) is 10.4. The molecule has 8 nitrogen and oxygen atoms in total. The van der Waals surface area contributed by atoms with Crippen LogP contribution in [-0.4, -0.2) is 62.1 Å². The highest BCUT2D eigenvalue weighted by molar-refractivity contribution is 7.14. The molecule has 1 saturated heterocycles. The number of anilines is 1. The number of methoxy groups -OCH3 is 2. The number of ether oxygens (including phenoxy) is 2. The zero-order valence-corrected chi connectivity index (χ0v) is 18.4. The van der Waals surface area contributed by atoms with Crippen LogP contribution in [0, 0.1) is 5.92 Å². The van der Waals surface area contributed by atoms with Crippen molar-refractivity contribution in [3.8, 4) is 22.8 Å². The number of hydrogen-bond acceptors (Lipinski definition) is 7. The molecule has 0 spiro atoms. The first-order valence-corrected chi connectivity index (χ1v) is 10.8. The summed E-state index contributed by atoms with van der Waals surface area (Å²) in [4.78, 5) is 30.2. The van der Waals surface area contributed by atoms with Crippen LogP contribution in [0.4, 0.5) is 5.13 Å². The van der Waals surface area contributed by atoms with Crippen molar-refractivity contribution in [3.63, 3.8) is 0 Å². The van der Waals surface area contributed by atoms with E-state index in [4.69, 9.17) is 9.47 Å². The van der Waals surface area contributed by atoms with Crippen LogP contribution in [0.15, 0.2) is 23.6 Å². The average molecular weight is 433 g/mol. The van der Waals surface area contributed by atoms with Crippen molar-refractivity contribution in [1.82, 2.24) is 15.2 Å². The number of carbonyl (C=O) groups is 2. The number of aromatic nitrogens is 1. The van der Waals surface area contributed by atoms with Gasteiger partial charge in [-0.15, -0.1) is 11.3 Å². The molecule has 162 valence electrons. The van der Waals surface area contributed by atoms with Gasteiger partial charge in [-0.2, -0.15) is 0 Å². The van der Waals surface area contributed by atoms with Gasteiger partial charge in [0, 0.05) is 30.5 Å². The molecule has 1 aromatic heterocycles. The highest BCUT2D eigenvalue weighted by Crippen LogP contribution is 2.34. The van der Waals surface area contributed by atoms with Gasteiger partial charge in [0.1, 0.15) is 11.5 Å². The molecule has 0 saturated carbocycles. The first-order chi connectivity index (χ1) is 14.5. The molecule has 2 amide bonds. The predicted octanol–water partition coefficient (Wildman–Crippen LogP) is 2.61. The Kier molecular flexibility index (Phi) is 7.64. The average Bonchev–Trinajstić information content (AvgIpc) is 3.20. The fourth-order valence-electron chi connectivity index (χ4n) is 3.46. The van der Waals surface area contributed by atoms with Crippen LogP contribution in [0.5, 0.6) is 11.5 Å². The zero-order valence-electron chi connectivity index (χ0n) is 17.6. The smallest absolute Gasteiger partial charge is 0.240 e. The number of amides is 2. The summed E-state index contributed by atoms with van der Waals surface area (Å²) >= 11 is 1.38. The maximum absolute atomic E-state index is 12.4. The molecule has 3 rings (SSSR count). The van der Waals surface area contributed by atoms with E-state index in [1.54, 1.807) is 14.2 Å². The van der Waals surface area contributed by atoms with Crippen LogP contribution < -0.4 is 20.1 Å². The number of nitrogens with zero attached hydrogens (tertiary/aromatic N) is 2. The van der Waals surface area contributed by atoms with E-state index in [1.807, 2.05) is 23.6 Å². The van der Waals surface area contributed by atoms with Crippen molar-refractivity contribution in [2.75, 3.05) is 45.7 Å². The lowest BCUT2D eigenvalue weighted by atomic mass is 9.97. The fourth-order valence-corrected chi connectivity index (χ4v) is 4.19. The number of benzene rings is 1. The number of rotatable bonds is 8. The minimum atomic E-state index is -0.0714. The second-order valence-electron chi connectivity index (χ2n) is 7.31. The monoisotopic (exact) mass is 432 g/mol. The van der Waals surface area contributed by atoms with Gasteiger partial charge >= 0.3 is 0 Å². The Labute approximate surface area is 180 Å². The van der Waals surface area contributed by atoms with Gasteiger partial charge in [-0.1, -0.05) is 0 Å². The number of thiazole rings is 1. The second-order valence-corrected chi connectivity index (χ2v) is 8.17. The van der Waals surface area contributed by atoms with Crippen molar-refractivity contribution in [1.29, 1.82) is 0 Å². The van der Waals surface area contributed by atoms with E-state index in [0.717, 1.165) is 37.2 Å². The third-order valence-corrected chi connectivity index (χ3v) is 5.91. The minimum Gasteiger partial charge on any atom is -0.497 e. The Bertz CT molecular complexity index is 878.